The Morgan fingerprint density at radius 3 is 2.73 bits per heavy atom. The zero-order chi connectivity index (χ0) is 16.3. The van der Waals surface area contributed by atoms with Gasteiger partial charge in [0.1, 0.15) is 5.82 Å². The molecule has 0 fully saturated rings. The summed E-state index contributed by atoms with van der Waals surface area (Å²) in [6.45, 7) is 3.57. The van der Waals surface area contributed by atoms with Gasteiger partial charge >= 0.3 is 0 Å². The molecular formula is C14H14Cl2N4OS. The lowest BCUT2D eigenvalue weighted by Gasteiger charge is -2.12. The smallest absolute Gasteiger partial charge is 0.237 e. The molecule has 0 bridgehead atoms. The maximum absolute atomic E-state index is 12.2. The summed E-state index contributed by atoms with van der Waals surface area (Å²) >= 11 is 13.1. The predicted octanol–water partition coefficient (Wildman–Crippen LogP) is 3.79. The molecule has 1 amide bonds. The van der Waals surface area contributed by atoms with Gasteiger partial charge in [-0.15, -0.1) is 0 Å². The van der Waals surface area contributed by atoms with Crippen molar-refractivity contribution in [2.45, 2.75) is 24.3 Å². The fraction of sp³-hybridized carbons (Fsp3) is 0.214. The van der Waals surface area contributed by atoms with Gasteiger partial charge in [-0.25, -0.2) is 9.97 Å². The van der Waals surface area contributed by atoms with E-state index in [-0.39, 0.29) is 5.91 Å². The molecule has 8 heteroatoms. The van der Waals surface area contributed by atoms with Gasteiger partial charge in [0, 0.05) is 16.8 Å². The summed E-state index contributed by atoms with van der Waals surface area (Å²) in [5.74, 6) is 0.151. The number of aryl methyl sites for hydroxylation is 1. The normalized spacial score (nSPS) is 12.0. The zero-order valence-corrected chi connectivity index (χ0v) is 14.3. The van der Waals surface area contributed by atoms with Crippen LogP contribution in [0.1, 0.15) is 12.6 Å². The number of amides is 1. The third-order valence-electron chi connectivity index (χ3n) is 2.69. The number of carbonyl (C=O) groups excluding carboxylic acids is 1. The van der Waals surface area contributed by atoms with Crippen LogP contribution in [0.4, 0.5) is 11.5 Å². The van der Waals surface area contributed by atoms with Gasteiger partial charge in [-0.05, 0) is 32.0 Å². The Morgan fingerprint density at radius 1 is 1.32 bits per heavy atom. The summed E-state index contributed by atoms with van der Waals surface area (Å²) in [5, 5.41) is 3.69. The highest BCUT2D eigenvalue weighted by Crippen LogP contribution is 2.27. The van der Waals surface area contributed by atoms with Crippen LogP contribution in [-0.4, -0.2) is 21.1 Å². The number of halogens is 2. The van der Waals surface area contributed by atoms with Gasteiger partial charge in [-0.2, -0.15) is 0 Å². The highest BCUT2D eigenvalue weighted by molar-refractivity contribution is 8.00. The van der Waals surface area contributed by atoms with Crippen LogP contribution in [0.3, 0.4) is 0 Å². The Bertz CT molecular complexity index is 691. The van der Waals surface area contributed by atoms with Gasteiger partial charge in [-0.3, -0.25) is 4.79 Å². The van der Waals surface area contributed by atoms with Crippen LogP contribution in [-0.2, 0) is 4.79 Å². The number of thioether (sulfide) groups is 1. The number of nitrogens with two attached hydrogens (primary N) is 1. The largest absolute Gasteiger partial charge is 0.384 e. The lowest BCUT2D eigenvalue weighted by Crippen LogP contribution is -2.23. The minimum atomic E-state index is -0.420. The lowest BCUT2D eigenvalue weighted by molar-refractivity contribution is -0.115. The summed E-state index contributed by atoms with van der Waals surface area (Å²) in [6, 6.07) is 6.55. The molecule has 1 heterocycles. The fourth-order valence-electron chi connectivity index (χ4n) is 1.66. The van der Waals surface area contributed by atoms with Crippen molar-refractivity contribution in [1.29, 1.82) is 0 Å². The number of hydrogen-bond acceptors (Lipinski definition) is 5. The van der Waals surface area contributed by atoms with E-state index in [0.29, 0.717) is 26.7 Å². The summed E-state index contributed by atoms with van der Waals surface area (Å²) in [7, 11) is 0. The number of hydrogen-bond donors (Lipinski definition) is 2. The predicted molar refractivity (Wildman–Crippen MR) is 91.6 cm³/mol. The first-order valence-corrected chi connectivity index (χ1v) is 8.02. The third-order valence-corrected chi connectivity index (χ3v) is 4.22. The van der Waals surface area contributed by atoms with Gasteiger partial charge < -0.3 is 11.1 Å². The van der Waals surface area contributed by atoms with E-state index < -0.39 is 5.25 Å². The van der Waals surface area contributed by atoms with E-state index in [2.05, 4.69) is 15.3 Å². The minimum absolute atomic E-state index is 0.224. The fourth-order valence-corrected chi connectivity index (χ4v) is 2.83. The van der Waals surface area contributed by atoms with Crippen molar-refractivity contribution in [2.24, 2.45) is 0 Å². The SMILES string of the molecule is Cc1cc(N)nc(SC(C)C(=O)Nc2cc(Cl)ccc2Cl)n1. The van der Waals surface area contributed by atoms with Gasteiger partial charge in [-0.1, -0.05) is 35.0 Å². The average Bonchev–Trinajstić information content (AvgIpc) is 2.41. The summed E-state index contributed by atoms with van der Waals surface area (Å²) in [4.78, 5) is 20.6. The molecule has 1 unspecified atom stereocenters. The summed E-state index contributed by atoms with van der Waals surface area (Å²) in [6.07, 6.45) is 0. The highest BCUT2D eigenvalue weighted by Gasteiger charge is 2.17. The van der Waals surface area contributed by atoms with Crippen LogP contribution in [0.25, 0.3) is 0 Å². The van der Waals surface area contributed by atoms with E-state index in [1.807, 2.05) is 6.92 Å². The maximum Gasteiger partial charge on any atom is 0.237 e. The van der Waals surface area contributed by atoms with Crippen molar-refractivity contribution in [3.8, 4) is 0 Å². The average molecular weight is 357 g/mol. The molecule has 1 atom stereocenters. The second-order valence-electron chi connectivity index (χ2n) is 4.59. The first kappa shape index (κ1) is 16.9. The first-order valence-electron chi connectivity index (χ1n) is 6.39. The van der Waals surface area contributed by atoms with Crippen molar-refractivity contribution in [1.82, 2.24) is 9.97 Å². The lowest BCUT2D eigenvalue weighted by atomic mass is 10.3. The summed E-state index contributed by atoms with van der Waals surface area (Å²) in [5.41, 5.74) is 6.89. The quantitative estimate of drug-likeness (QED) is 0.643. The van der Waals surface area contributed by atoms with Crippen LogP contribution >= 0.6 is 35.0 Å². The van der Waals surface area contributed by atoms with Gasteiger partial charge in [0.05, 0.1) is 16.0 Å². The van der Waals surface area contributed by atoms with Crippen LogP contribution in [0, 0.1) is 6.92 Å². The van der Waals surface area contributed by atoms with E-state index >= 15 is 0 Å². The molecule has 2 aromatic rings. The Kier molecular flexibility index (Phi) is 5.50. The molecular weight excluding hydrogens is 343 g/mol. The Hall–Kier alpha value is -1.50. The Labute approximate surface area is 142 Å². The number of benzene rings is 1. The zero-order valence-electron chi connectivity index (χ0n) is 11.9. The van der Waals surface area contributed by atoms with E-state index in [0.717, 1.165) is 5.69 Å². The molecule has 0 aliphatic heterocycles. The van der Waals surface area contributed by atoms with Crippen molar-refractivity contribution in [2.75, 3.05) is 11.1 Å². The molecule has 0 radical (unpaired) electrons. The Morgan fingerprint density at radius 2 is 2.05 bits per heavy atom. The second kappa shape index (κ2) is 7.17. The first-order chi connectivity index (χ1) is 10.3. The Balaban J connectivity index is 2.07. The van der Waals surface area contributed by atoms with E-state index in [1.165, 1.54) is 11.8 Å². The molecule has 2 rings (SSSR count). The van der Waals surface area contributed by atoms with Crippen LogP contribution in [0.2, 0.25) is 10.0 Å². The van der Waals surface area contributed by atoms with E-state index in [4.69, 9.17) is 28.9 Å². The molecule has 0 saturated carbocycles. The number of rotatable bonds is 4. The van der Waals surface area contributed by atoms with Crippen molar-refractivity contribution in [3.05, 3.63) is 40.0 Å². The molecule has 116 valence electrons. The van der Waals surface area contributed by atoms with Crippen molar-refractivity contribution in [3.63, 3.8) is 0 Å². The highest BCUT2D eigenvalue weighted by atomic mass is 35.5. The van der Waals surface area contributed by atoms with Gasteiger partial charge in [0.2, 0.25) is 5.91 Å². The van der Waals surface area contributed by atoms with E-state index in [9.17, 15) is 4.79 Å². The molecule has 3 N–H and O–H groups in total. The number of carbonyl (C=O) groups is 1. The summed E-state index contributed by atoms with van der Waals surface area (Å²) < 4.78 is 0. The second-order valence-corrected chi connectivity index (χ2v) is 6.74. The third kappa shape index (κ3) is 4.50. The number of aromatic nitrogens is 2. The number of nitrogens with zero attached hydrogens (tertiary/aromatic N) is 2. The number of anilines is 2. The van der Waals surface area contributed by atoms with Crippen molar-refractivity contribution < 1.29 is 4.79 Å². The molecule has 5 nitrogen and oxygen atoms in total. The monoisotopic (exact) mass is 356 g/mol. The standard InChI is InChI=1S/C14H14Cl2N4OS/c1-7-5-12(17)20-14(18-7)22-8(2)13(21)19-11-6-9(15)3-4-10(11)16/h3-6,8H,1-2H3,(H,19,21)(H2,17,18,20). The van der Waals surface area contributed by atoms with Crippen molar-refractivity contribution >= 4 is 52.4 Å². The molecule has 0 aliphatic carbocycles. The number of nitrogen functional groups attached to an aromatic ring is 1. The molecule has 1 aromatic heterocycles. The van der Waals surface area contributed by atoms with Crippen LogP contribution in [0.15, 0.2) is 29.4 Å². The van der Waals surface area contributed by atoms with E-state index in [1.54, 1.807) is 31.2 Å². The minimum Gasteiger partial charge on any atom is -0.384 e. The van der Waals surface area contributed by atoms with Gasteiger partial charge in [0.25, 0.3) is 0 Å². The molecule has 22 heavy (non-hydrogen) atoms. The molecule has 0 saturated heterocycles. The topological polar surface area (TPSA) is 80.9 Å². The van der Waals surface area contributed by atoms with Crippen LogP contribution < -0.4 is 11.1 Å². The molecule has 0 spiro atoms. The van der Waals surface area contributed by atoms with Crippen LogP contribution in [0.5, 0.6) is 0 Å². The molecule has 1 aromatic carbocycles. The van der Waals surface area contributed by atoms with Gasteiger partial charge in [0.15, 0.2) is 5.16 Å². The molecule has 0 aliphatic rings. The maximum atomic E-state index is 12.2. The number of nitrogens with one attached hydrogen (secondary N) is 1.